The van der Waals surface area contributed by atoms with Crippen LogP contribution in [0.25, 0.3) is 11.0 Å². The van der Waals surface area contributed by atoms with E-state index >= 15 is 0 Å². The van der Waals surface area contributed by atoms with Crippen molar-refractivity contribution in [2.45, 2.75) is 20.0 Å². The number of imidazole rings is 1. The number of para-hydroxylation sites is 2. The number of nitrogens with one attached hydrogen (secondary N) is 1. The number of carbonyl (C=O) groups is 1. The largest absolute Gasteiger partial charge is 0.468 e. The molecule has 126 valence electrons. The summed E-state index contributed by atoms with van der Waals surface area (Å²) in [5, 5.41) is 8.45. The summed E-state index contributed by atoms with van der Waals surface area (Å²) in [6.45, 7) is 2.68. The molecular formula is C18H20ClN3O2. The maximum Gasteiger partial charge on any atom is 0.325 e. The lowest BCUT2D eigenvalue weighted by molar-refractivity contribution is -0.141. The van der Waals surface area contributed by atoms with Gasteiger partial charge in [-0.2, -0.15) is 0 Å². The van der Waals surface area contributed by atoms with Gasteiger partial charge in [0.15, 0.2) is 0 Å². The number of methoxy groups -OCH3 is 1. The smallest absolute Gasteiger partial charge is 0.325 e. The van der Waals surface area contributed by atoms with Crippen molar-refractivity contribution < 1.29 is 9.53 Å². The highest BCUT2D eigenvalue weighted by Gasteiger charge is 2.13. The van der Waals surface area contributed by atoms with Gasteiger partial charge in [0.2, 0.25) is 5.62 Å². The zero-order valence-electron chi connectivity index (χ0n) is 13.7. The van der Waals surface area contributed by atoms with E-state index < -0.39 is 0 Å². The van der Waals surface area contributed by atoms with Crippen LogP contribution in [0.15, 0.2) is 48.5 Å². The number of rotatable bonds is 4. The molecule has 0 aliphatic carbocycles. The van der Waals surface area contributed by atoms with Crippen molar-refractivity contribution in [2.75, 3.05) is 7.11 Å². The first-order chi connectivity index (χ1) is 11.1. The normalized spacial score (nSPS) is 10.4. The quantitative estimate of drug-likeness (QED) is 0.739. The molecule has 2 aromatic carbocycles. The Hall–Kier alpha value is -2.53. The van der Waals surface area contributed by atoms with Gasteiger partial charge < -0.3 is 9.30 Å². The predicted octanol–water partition coefficient (Wildman–Crippen LogP) is 2.87. The van der Waals surface area contributed by atoms with E-state index in [9.17, 15) is 4.79 Å². The molecule has 0 bridgehead atoms. The van der Waals surface area contributed by atoms with Crippen LogP contribution in [0.5, 0.6) is 0 Å². The minimum Gasteiger partial charge on any atom is -0.468 e. The summed E-state index contributed by atoms with van der Waals surface area (Å²) in [5.74, 6) is -0.360. The highest BCUT2D eigenvalue weighted by Crippen LogP contribution is 2.15. The van der Waals surface area contributed by atoms with Crippen molar-refractivity contribution in [3.05, 3.63) is 65.3 Å². The Balaban J connectivity index is 0.00000208. The molecule has 0 amide bonds. The molecule has 1 N–H and O–H groups in total. The Labute approximate surface area is 146 Å². The van der Waals surface area contributed by atoms with Crippen molar-refractivity contribution in [1.82, 2.24) is 9.13 Å². The first kappa shape index (κ1) is 17.8. The van der Waals surface area contributed by atoms with E-state index in [2.05, 4.69) is 31.2 Å². The van der Waals surface area contributed by atoms with Crippen LogP contribution in [0.3, 0.4) is 0 Å². The second-order valence-corrected chi connectivity index (χ2v) is 5.55. The highest BCUT2D eigenvalue weighted by atomic mass is 35.5. The van der Waals surface area contributed by atoms with E-state index in [0.717, 1.165) is 16.6 Å². The molecule has 5 nitrogen and oxygen atoms in total. The standard InChI is InChI=1S/C18H19N3O2.ClH/c1-13-7-9-14(10-8-13)11-20-15-5-3-4-6-16(15)21(18(20)19)12-17(22)23-2;/h3-10,19H,11-12H2,1-2H3;1H. The molecule has 0 unspecified atom stereocenters. The van der Waals surface area contributed by atoms with Crippen molar-refractivity contribution in [3.63, 3.8) is 0 Å². The summed E-state index contributed by atoms with van der Waals surface area (Å²) in [6.07, 6.45) is 0. The van der Waals surface area contributed by atoms with E-state index in [0.29, 0.717) is 6.54 Å². The maximum absolute atomic E-state index is 11.6. The highest BCUT2D eigenvalue weighted by molar-refractivity contribution is 5.85. The third-order valence-electron chi connectivity index (χ3n) is 3.95. The summed E-state index contributed by atoms with van der Waals surface area (Å²) < 4.78 is 8.33. The van der Waals surface area contributed by atoms with Crippen molar-refractivity contribution in [2.24, 2.45) is 0 Å². The number of halogens is 1. The van der Waals surface area contributed by atoms with Gasteiger partial charge in [0.1, 0.15) is 6.54 Å². The average Bonchev–Trinajstić information content (AvgIpc) is 2.82. The van der Waals surface area contributed by atoms with E-state index in [4.69, 9.17) is 10.1 Å². The molecule has 0 saturated heterocycles. The summed E-state index contributed by atoms with van der Waals surface area (Å²) >= 11 is 0. The average molecular weight is 346 g/mol. The number of aromatic nitrogens is 2. The van der Waals surface area contributed by atoms with E-state index in [1.54, 1.807) is 4.57 Å². The van der Waals surface area contributed by atoms with Crippen LogP contribution in [0.4, 0.5) is 0 Å². The fraction of sp³-hybridized carbons (Fsp3) is 0.222. The first-order valence-corrected chi connectivity index (χ1v) is 7.45. The Morgan fingerprint density at radius 2 is 1.62 bits per heavy atom. The van der Waals surface area contributed by atoms with Gasteiger partial charge in [0, 0.05) is 0 Å². The van der Waals surface area contributed by atoms with E-state index in [1.165, 1.54) is 12.7 Å². The van der Waals surface area contributed by atoms with Crippen molar-refractivity contribution >= 4 is 29.4 Å². The van der Waals surface area contributed by atoms with Gasteiger partial charge in [0.25, 0.3) is 0 Å². The Morgan fingerprint density at radius 1 is 1.04 bits per heavy atom. The molecule has 0 atom stereocenters. The zero-order valence-corrected chi connectivity index (χ0v) is 14.5. The van der Waals surface area contributed by atoms with Crippen molar-refractivity contribution in [1.29, 1.82) is 5.41 Å². The summed E-state index contributed by atoms with van der Waals surface area (Å²) in [5.41, 5.74) is 4.40. The second kappa shape index (κ2) is 7.36. The minimum absolute atomic E-state index is 0. The molecule has 0 spiro atoms. The molecule has 1 heterocycles. The molecule has 0 radical (unpaired) electrons. The van der Waals surface area contributed by atoms with Crippen LogP contribution < -0.4 is 5.62 Å². The van der Waals surface area contributed by atoms with Gasteiger partial charge >= 0.3 is 5.97 Å². The van der Waals surface area contributed by atoms with Crippen LogP contribution in [0, 0.1) is 12.3 Å². The number of hydrogen-bond donors (Lipinski definition) is 1. The number of ether oxygens (including phenoxy) is 1. The third-order valence-corrected chi connectivity index (χ3v) is 3.95. The Morgan fingerprint density at radius 3 is 2.21 bits per heavy atom. The fourth-order valence-corrected chi connectivity index (χ4v) is 2.68. The molecule has 0 saturated carbocycles. The van der Waals surface area contributed by atoms with Gasteiger partial charge in [0.05, 0.1) is 24.7 Å². The van der Waals surface area contributed by atoms with Crippen LogP contribution in [0.1, 0.15) is 11.1 Å². The molecule has 3 rings (SSSR count). The third kappa shape index (κ3) is 3.36. The monoisotopic (exact) mass is 345 g/mol. The topological polar surface area (TPSA) is 60.0 Å². The first-order valence-electron chi connectivity index (χ1n) is 7.45. The number of hydrogen-bond acceptors (Lipinski definition) is 3. The summed E-state index contributed by atoms with van der Waals surface area (Å²) in [7, 11) is 1.36. The Bertz CT molecular complexity index is 910. The van der Waals surface area contributed by atoms with Crippen LogP contribution in [-0.2, 0) is 22.6 Å². The number of nitrogens with zero attached hydrogens (tertiary/aromatic N) is 2. The van der Waals surface area contributed by atoms with E-state index in [-0.39, 0.29) is 30.5 Å². The van der Waals surface area contributed by atoms with Gasteiger partial charge in [-0.05, 0) is 24.6 Å². The second-order valence-electron chi connectivity index (χ2n) is 5.55. The molecule has 3 aromatic rings. The van der Waals surface area contributed by atoms with Crippen LogP contribution >= 0.6 is 12.4 Å². The summed E-state index contributed by atoms with van der Waals surface area (Å²) in [6, 6.07) is 16.0. The number of fused-ring (bicyclic) bond motifs is 1. The van der Waals surface area contributed by atoms with Crippen LogP contribution in [0.2, 0.25) is 0 Å². The zero-order chi connectivity index (χ0) is 16.4. The van der Waals surface area contributed by atoms with Gasteiger partial charge in [-0.1, -0.05) is 42.0 Å². The number of benzene rings is 2. The molecule has 0 fully saturated rings. The fourth-order valence-electron chi connectivity index (χ4n) is 2.68. The van der Waals surface area contributed by atoms with Gasteiger partial charge in [-0.15, -0.1) is 12.4 Å². The summed E-state index contributed by atoms with van der Waals surface area (Å²) in [4.78, 5) is 11.6. The molecule has 1 aromatic heterocycles. The predicted molar refractivity (Wildman–Crippen MR) is 95.3 cm³/mol. The Kier molecular flexibility index (Phi) is 5.46. The molecule has 0 aliphatic heterocycles. The van der Waals surface area contributed by atoms with Gasteiger partial charge in [-0.3, -0.25) is 14.8 Å². The van der Waals surface area contributed by atoms with Crippen molar-refractivity contribution in [3.8, 4) is 0 Å². The number of carbonyl (C=O) groups excluding carboxylic acids is 1. The maximum atomic E-state index is 11.6. The van der Waals surface area contributed by atoms with Gasteiger partial charge in [-0.25, -0.2) is 0 Å². The molecular weight excluding hydrogens is 326 g/mol. The number of aryl methyl sites for hydroxylation is 1. The van der Waals surface area contributed by atoms with Crippen LogP contribution in [-0.4, -0.2) is 22.2 Å². The van der Waals surface area contributed by atoms with E-state index in [1.807, 2.05) is 28.8 Å². The molecule has 6 heteroatoms. The lowest BCUT2D eigenvalue weighted by atomic mass is 10.1. The number of esters is 1. The lowest BCUT2D eigenvalue weighted by Gasteiger charge is -2.05. The minimum atomic E-state index is -0.360. The molecule has 0 aliphatic rings. The molecule has 24 heavy (non-hydrogen) atoms. The SMILES string of the molecule is COC(=O)Cn1c(=N)n(Cc2ccc(C)cc2)c2ccccc21.Cl. The lowest BCUT2D eigenvalue weighted by Crippen LogP contribution is -2.28.